The van der Waals surface area contributed by atoms with Gasteiger partial charge in [-0.15, -0.1) is 0 Å². The van der Waals surface area contributed by atoms with Crippen molar-refractivity contribution >= 4 is 6.21 Å². The molecule has 0 saturated heterocycles. The molecule has 0 fully saturated rings. The van der Waals surface area contributed by atoms with Crippen LogP contribution in [0.3, 0.4) is 0 Å². The van der Waals surface area contributed by atoms with E-state index in [1.54, 1.807) is 20.1 Å². The minimum absolute atomic E-state index is 0.0602. The van der Waals surface area contributed by atoms with Gasteiger partial charge in [-0.3, -0.25) is 10.1 Å². The quantitative estimate of drug-likeness (QED) is 0.298. The van der Waals surface area contributed by atoms with Gasteiger partial charge in [0.2, 0.25) is 5.82 Å². The first kappa shape index (κ1) is 19.1. The van der Waals surface area contributed by atoms with E-state index in [2.05, 4.69) is 11.6 Å². The summed E-state index contributed by atoms with van der Waals surface area (Å²) in [5, 5.41) is 11.7. The monoisotopic (exact) mass is 349 g/mol. The number of rotatable bonds is 8. The molecule has 0 amide bonds. The van der Waals surface area contributed by atoms with Crippen molar-refractivity contribution in [2.45, 2.75) is 26.9 Å². The van der Waals surface area contributed by atoms with Crippen molar-refractivity contribution in [3.63, 3.8) is 0 Å². The standard InChI is InChI=1S/C21H23N3O2/c1-4-22-21(20(17(2)3)24(25)26)23(15-18-11-7-5-8-12-18)16-19-13-9-6-10-14-19/h4-14H,2,15-16H2,1,3H3/b21-20-,22-4?. The van der Waals surface area contributed by atoms with E-state index >= 15 is 0 Å². The Hall–Kier alpha value is -3.21. The second kappa shape index (κ2) is 9.32. The van der Waals surface area contributed by atoms with Crippen LogP contribution >= 0.6 is 0 Å². The molecule has 0 spiro atoms. The van der Waals surface area contributed by atoms with Crippen LogP contribution in [-0.2, 0) is 13.1 Å². The Labute approximate surface area is 154 Å². The van der Waals surface area contributed by atoms with Gasteiger partial charge in [-0.25, -0.2) is 4.99 Å². The van der Waals surface area contributed by atoms with E-state index in [1.807, 2.05) is 65.6 Å². The lowest BCUT2D eigenvalue weighted by molar-refractivity contribution is -0.423. The van der Waals surface area contributed by atoms with Crippen molar-refractivity contribution in [3.05, 3.63) is 106 Å². The number of allylic oxidation sites excluding steroid dienone is 1. The molecular formula is C21H23N3O2. The number of nitro groups is 1. The molecule has 0 aliphatic carbocycles. The molecule has 2 aromatic rings. The van der Waals surface area contributed by atoms with Gasteiger partial charge in [0.05, 0.1) is 4.92 Å². The van der Waals surface area contributed by atoms with Crippen LogP contribution < -0.4 is 0 Å². The van der Waals surface area contributed by atoms with Crippen LogP contribution in [0.5, 0.6) is 0 Å². The van der Waals surface area contributed by atoms with Gasteiger partial charge in [-0.2, -0.15) is 0 Å². The fourth-order valence-corrected chi connectivity index (χ4v) is 2.66. The maximum Gasteiger partial charge on any atom is 0.313 e. The molecule has 134 valence electrons. The number of nitrogens with zero attached hydrogens (tertiary/aromatic N) is 3. The fraction of sp³-hybridized carbons (Fsp3) is 0.190. The average molecular weight is 349 g/mol. The Balaban J connectivity index is 2.52. The maximum absolute atomic E-state index is 11.7. The summed E-state index contributed by atoms with van der Waals surface area (Å²) in [6, 6.07) is 19.7. The molecule has 0 aliphatic heterocycles. The third kappa shape index (κ3) is 5.14. The SMILES string of the molecule is C=C(C)/C(=C(\N=CC)N(Cc1ccccc1)Cc1ccccc1)[N+](=O)[O-]. The molecular weight excluding hydrogens is 326 g/mol. The van der Waals surface area contributed by atoms with E-state index in [9.17, 15) is 10.1 Å². The van der Waals surface area contributed by atoms with E-state index in [4.69, 9.17) is 0 Å². The Morgan fingerprint density at radius 1 is 1.08 bits per heavy atom. The minimum Gasteiger partial charge on any atom is -0.342 e. The number of hydrogen-bond acceptors (Lipinski definition) is 4. The highest BCUT2D eigenvalue weighted by Crippen LogP contribution is 2.23. The molecule has 0 aliphatic rings. The second-order valence-electron chi connectivity index (χ2n) is 5.92. The molecule has 5 nitrogen and oxygen atoms in total. The van der Waals surface area contributed by atoms with E-state index < -0.39 is 4.92 Å². The zero-order valence-electron chi connectivity index (χ0n) is 15.1. The van der Waals surface area contributed by atoms with E-state index in [1.165, 1.54) is 0 Å². The first-order chi connectivity index (χ1) is 12.5. The zero-order valence-corrected chi connectivity index (χ0v) is 15.1. The Morgan fingerprint density at radius 2 is 1.54 bits per heavy atom. The lowest BCUT2D eigenvalue weighted by Crippen LogP contribution is -2.25. The summed E-state index contributed by atoms with van der Waals surface area (Å²) in [4.78, 5) is 17.5. The van der Waals surface area contributed by atoms with Gasteiger partial charge in [-0.05, 0) is 25.0 Å². The highest BCUT2D eigenvalue weighted by Gasteiger charge is 2.24. The smallest absolute Gasteiger partial charge is 0.313 e. The molecule has 26 heavy (non-hydrogen) atoms. The minimum atomic E-state index is -0.409. The molecule has 0 radical (unpaired) electrons. The first-order valence-corrected chi connectivity index (χ1v) is 8.39. The molecule has 0 saturated carbocycles. The lowest BCUT2D eigenvalue weighted by Gasteiger charge is -2.25. The molecule has 0 heterocycles. The van der Waals surface area contributed by atoms with Gasteiger partial charge < -0.3 is 4.90 Å². The molecule has 5 heteroatoms. The van der Waals surface area contributed by atoms with Crippen molar-refractivity contribution < 1.29 is 4.92 Å². The third-order valence-corrected chi connectivity index (χ3v) is 3.78. The van der Waals surface area contributed by atoms with Crippen LogP contribution in [-0.4, -0.2) is 16.0 Å². The van der Waals surface area contributed by atoms with Crippen molar-refractivity contribution in [3.8, 4) is 0 Å². The molecule has 2 aromatic carbocycles. The summed E-state index contributed by atoms with van der Waals surface area (Å²) in [5.41, 5.74) is 2.42. The summed E-state index contributed by atoms with van der Waals surface area (Å²) in [6.45, 7) is 8.17. The molecule has 0 unspecified atom stereocenters. The van der Waals surface area contributed by atoms with Crippen LogP contribution in [0.15, 0.2) is 89.3 Å². The van der Waals surface area contributed by atoms with Crippen molar-refractivity contribution in [1.29, 1.82) is 0 Å². The van der Waals surface area contributed by atoms with Crippen LogP contribution in [0.2, 0.25) is 0 Å². The van der Waals surface area contributed by atoms with E-state index in [-0.39, 0.29) is 5.70 Å². The third-order valence-electron chi connectivity index (χ3n) is 3.78. The number of hydrogen-bond donors (Lipinski definition) is 0. The Morgan fingerprint density at radius 3 is 1.88 bits per heavy atom. The van der Waals surface area contributed by atoms with E-state index in [0.29, 0.717) is 24.5 Å². The predicted molar refractivity (Wildman–Crippen MR) is 105 cm³/mol. The summed E-state index contributed by atoms with van der Waals surface area (Å²) >= 11 is 0. The molecule has 0 N–H and O–H groups in total. The lowest BCUT2D eigenvalue weighted by atomic mass is 10.1. The predicted octanol–water partition coefficient (Wildman–Crippen LogP) is 4.80. The summed E-state index contributed by atoms with van der Waals surface area (Å²) in [6.07, 6.45) is 1.57. The maximum atomic E-state index is 11.7. The number of benzene rings is 2. The molecule has 2 rings (SSSR count). The summed E-state index contributed by atoms with van der Waals surface area (Å²) < 4.78 is 0. The highest BCUT2D eigenvalue weighted by atomic mass is 16.6. The second-order valence-corrected chi connectivity index (χ2v) is 5.92. The summed E-state index contributed by atoms with van der Waals surface area (Å²) in [7, 11) is 0. The fourth-order valence-electron chi connectivity index (χ4n) is 2.66. The largest absolute Gasteiger partial charge is 0.342 e. The Kier molecular flexibility index (Phi) is 6.85. The van der Waals surface area contributed by atoms with Crippen LogP contribution in [0.1, 0.15) is 25.0 Å². The van der Waals surface area contributed by atoms with Crippen molar-refractivity contribution in [2.75, 3.05) is 0 Å². The highest BCUT2D eigenvalue weighted by molar-refractivity contribution is 5.55. The van der Waals surface area contributed by atoms with E-state index in [0.717, 1.165) is 11.1 Å². The first-order valence-electron chi connectivity index (χ1n) is 8.39. The van der Waals surface area contributed by atoms with Crippen molar-refractivity contribution in [1.82, 2.24) is 4.90 Å². The molecule has 0 bridgehead atoms. The van der Waals surface area contributed by atoms with Gasteiger partial charge in [0.1, 0.15) is 0 Å². The zero-order chi connectivity index (χ0) is 18.9. The van der Waals surface area contributed by atoms with Gasteiger partial charge in [0.15, 0.2) is 0 Å². The van der Waals surface area contributed by atoms with Crippen LogP contribution in [0, 0.1) is 10.1 Å². The van der Waals surface area contributed by atoms with Gasteiger partial charge in [0.25, 0.3) is 0 Å². The average Bonchev–Trinajstić information content (AvgIpc) is 2.62. The summed E-state index contributed by atoms with van der Waals surface area (Å²) in [5.74, 6) is 0.317. The van der Waals surface area contributed by atoms with Crippen molar-refractivity contribution in [2.24, 2.45) is 4.99 Å². The van der Waals surface area contributed by atoms with Gasteiger partial charge >= 0.3 is 5.70 Å². The topological polar surface area (TPSA) is 58.7 Å². The number of aliphatic imine (C=N–C) groups is 1. The van der Waals surface area contributed by atoms with Gasteiger partial charge in [0, 0.05) is 24.9 Å². The van der Waals surface area contributed by atoms with Gasteiger partial charge in [-0.1, -0.05) is 67.2 Å². The normalized spacial score (nSPS) is 11.9. The van der Waals surface area contributed by atoms with Crippen LogP contribution in [0.25, 0.3) is 0 Å². The van der Waals surface area contributed by atoms with Crippen LogP contribution in [0.4, 0.5) is 0 Å². The molecule has 0 aromatic heterocycles. The molecule has 0 atom stereocenters. The Bertz CT molecular complexity index is 754.